The first kappa shape index (κ1) is 13.9. The average molecular weight is 306 g/mol. The van der Waals surface area contributed by atoms with Crippen molar-refractivity contribution >= 4 is 11.4 Å². The number of nitrogens with one attached hydrogen (secondary N) is 1. The summed E-state index contributed by atoms with van der Waals surface area (Å²) < 4.78 is 1.95. The van der Waals surface area contributed by atoms with E-state index in [1.54, 1.807) is 6.20 Å². The molecule has 0 unspecified atom stereocenters. The number of rotatable bonds is 4. The summed E-state index contributed by atoms with van der Waals surface area (Å²) in [6.07, 6.45) is 7.77. The minimum absolute atomic E-state index is 0.0734. The first-order chi connectivity index (χ1) is 11.2. The molecule has 1 atom stereocenters. The molecule has 0 radical (unpaired) electrons. The van der Waals surface area contributed by atoms with Crippen LogP contribution in [0.15, 0.2) is 48.9 Å². The van der Waals surface area contributed by atoms with Crippen LogP contribution in [0, 0.1) is 12.8 Å². The number of aryl methyl sites for hydroxylation is 1. The number of hydrogen-bond donors (Lipinski definition) is 1. The van der Waals surface area contributed by atoms with E-state index in [2.05, 4.69) is 15.3 Å². The Morgan fingerprint density at radius 2 is 2.22 bits per heavy atom. The minimum Gasteiger partial charge on any atom is -0.342 e. The highest BCUT2D eigenvalue weighted by molar-refractivity contribution is 5.95. The number of aromatic nitrogens is 3. The molecule has 0 spiro atoms. The van der Waals surface area contributed by atoms with Gasteiger partial charge in [-0.25, -0.2) is 9.97 Å². The molecule has 1 N–H and O–H groups in total. The van der Waals surface area contributed by atoms with Crippen LogP contribution in [0.5, 0.6) is 0 Å². The van der Waals surface area contributed by atoms with Crippen molar-refractivity contribution in [1.29, 1.82) is 0 Å². The predicted molar refractivity (Wildman–Crippen MR) is 87.1 cm³/mol. The lowest BCUT2D eigenvalue weighted by Crippen LogP contribution is -2.31. The summed E-state index contributed by atoms with van der Waals surface area (Å²) >= 11 is 0. The largest absolute Gasteiger partial charge is 0.342 e. The summed E-state index contributed by atoms with van der Waals surface area (Å²) in [5, 5.41) is 3.12. The van der Waals surface area contributed by atoms with Gasteiger partial charge in [0.2, 0.25) is 0 Å². The molecule has 1 saturated carbocycles. The Kier molecular flexibility index (Phi) is 3.33. The van der Waals surface area contributed by atoms with E-state index in [9.17, 15) is 4.79 Å². The Bertz CT molecular complexity index is 833. The summed E-state index contributed by atoms with van der Waals surface area (Å²) in [5.74, 6) is 1.08. The zero-order valence-electron chi connectivity index (χ0n) is 12.9. The topological polar surface area (TPSA) is 59.3 Å². The Labute approximate surface area is 134 Å². The van der Waals surface area contributed by atoms with Crippen LogP contribution in [0.4, 0.5) is 0 Å². The molecule has 0 aliphatic heterocycles. The van der Waals surface area contributed by atoms with Crippen LogP contribution in [0.25, 0.3) is 5.52 Å². The second-order valence-corrected chi connectivity index (χ2v) is 6.11. The molecule has 23 heavy (non-hydrogen) atoms. The van der Waals surface area contributed by atoms with Crippen LogP contribution in [0.3, 0.4) is 0 Å². The van der Waals surface area contributed by atoms with Crippen LogP contribution < -0.4 is 5.32 Å². The Balaban J connectivity index is 1.60. The van der Waals surface area contributed by atoms with Gasteiger partial charge in [0.1, 0.15) is 0 Å². The first-order valence-corrected chi connectivity index (χ1v) is 7.88. The quantitative estimate of drug-likeness (QED) is 0.806. The Hall–Kier alpha value is -2.69. The van der Waals surface area contributed by atoms with Gasteiger partial charge in [0.15, 0.2) is 5.82 Å². The molecule has 1 fully saturated rings. The van der Waals surface area contributed by atoms with Gasteiger partial charge >= 0.3 is 0 Å². The van der Waals surface area contributed by atoms with Crippen molar-refractivity contribution in [3.05, 3.63) is 66.0 Å². The van der Waals surface area contributed by atoms with Gasteiger partial charge in [-0.2, -0.15) is 0 Å². The number of nitrogens with zero attached hydrogens (tertiary/aromatic N) is 3. The van der Waals surface area contributed by atoms with Gasteiger partial charge < -0.3 is 9.72 Å². The van der Waals surface area contributed by atoms with Gasteiger partial charge in [0.05, 0.1) is 11.6 Å². The summed E-state index contributed by atoms with van der Waals surface area (Å²) in [6, 6.07) is 9.56. The lowest BCUT2D eigenvalue weighted by atomic mass is 10.1. The van der Waals surface area contributed by atoms with Gasteiger partial charge in [-0.05, 0) is 49.9 Å². The number of carbonyl (C=O) groups is 1. The van der Waals surface area contributed by atoms with E-state index in [1.807, 2.05) is 54.0 Å². The first-order valence-electron chi connectivity index (χ1n) is 7.88. The molecule has 116 valence electrons. The van der Waals surface area contributed by atoms with E-state index in [-0.39, 0.29) is 11.9 Å². The van der Waals surface area contributed by atoms with Crippen molar-refractivity contribution in [3.63, 3.8) is 0 Å². The lowest BCUT2D eigenvalue weighted by molar-refractivity contribution is 0.0929. The van der Waals surface area contributed by atoms with Crippen LogP contribution in [0.2, 0.25) is 0 Å². The zero-order valence-corrected chi connectivity index (χ0v) is 12.9. The van der Waals surface area contributed by atoms with E-state index in [1.165, 1.54) is 0 Å². The lowest BCUT2D eigenvalue weighted by Gasteiger charge is -2.16. The monoisotopic (exact) mass is 306 g/mol. The summed E-state index contributed by atoms with van der Waals surface area (Å²) in [4.78, 5) is 21.5. The molecule has 1 aliphatic rings. The molecule has 0 aromatic carbocycles. The van der Waals surface area contributed by atoms with Gasteiger partial charge in [-0.15, -0.1) is 0 Å². The molecule has 3 aromatic rings. The smallest absolute Gasteiger partial charge is 0.253 e. The van der Waals surface area contributed by atoms with Crippen LogP contribution in [-0.2, 0) is 0 Å². The van der Waals surface area contributed by atoms with Crippen molar-refractivity contribution < 1.29 is 4.79 Å². The second kappa shape index (κ2) is 5.50. The normalized spacial score (nSPS) is 15.5. The van der Waals surface area contributed by atoms with E-state index < -0.39 is 0 Å². The van der Waals surface area contributed by atoms with Crippen LogP contribution in [-0.4, -0.2) is 20.3 Å². The van der Waals surface area contributed by atoms with Crippen molar-refractivity contribution in [3.8, 4) is 0 Å². The van der Waals surface area contributed by atoms with Crippen molar-refractivity contribution in [1.82, 2.24) is 19.7 Å². The standard InChI is InChI=1S/C18H18N4O/c1-12-7-8-19-17(20-12)16(13-5-6-13)21-18(23)14-10-15-4-2-3-9-22(15)11-14/h2-4,7-11,13,16H,5-6H2,1H3,(H,21,23)/t16-/m0/s1. The molecule has 0 saturated heterocycles. The second-order valence-electron chi connectivity index (χ2n) is 6.11. The maximum atomic E-state index is 12.6. The van der Waals surface area contributed by atoms with Gasteiger partial charge in [0, 0.05) is 29.8 Å². The average Bonchev–Trinajstić information content (AvgIpc) is 3.29. The van der Waals surface area contributed by atoms with Gasteiger partial charge in [-0.3, -0.25) is 4.79 Å². The van der Waals surface area contributed by atoms with E-state index in [0.717, 1.165) is 24.1 Å². The predicted octanol–water partition coefficient (Wildman–Crippen LogP) is 2.92. The van der Waals surface area contributed by atoms with Crippen LogP contribution >= 0.6 is 0 Å². The third kappa shape index (κ3) is 2.82. The van der Waals surface area contributed by atoms with E-state index in [4.69, 9.17) is 0 Å². The minimum atomic E-state index is -0.106. The number of amides is 1. The van der Waals surface area contributed by atoms with Gasteiger partial charge in [-0.1, -0.05) is 6.07 Å². The molecule has 1 amide bonds. The fourth-order valence-electron chi connectivity index (χ4n) is 2.85. The molecule has 1 aliphatic carbocycles. The zero-order chi connectivity index (χ0) is 15.8. The summed E-state index contributed by atoms with van der Waals surface area (Å²) in [6.45, 7) is 1.94. The molecule has 4 rings (SSSR count). The maximum Gasteiger partial charge on any atom is 0.253 e. The fraction of sp³-hybridized carbons (Fsp3) is 0.278. The summed E-state index contributed by atoms with van der Waals surface area (Å²) in [5.41, 5.74) is 2.59. The number of pyridine rings is 1. The van der Waals surface area contributed by atoms with Crippen molar-refractivity contribution in [2.75, 3.05) is 0 Å². The van der Waals surface area contributed by atoms with Crippen LogP contribution in [0.1, 0.15) is 40.8 Å². The Morgan fingerprint density at radius 3 is 2.96 bits per heavy atom. The molecular weight excluding hydrogens is 288 g/mol. The third-order valence-electron chi connectivity index (χ3n) is 4.24. The fourth-order valence-corrected chi connectivity index (χ4v) is 2.85. The maximum absolute atomic E-state index is 12.6. The van der Waals surface area contributed by atoms with Crippen molar-refractivity contribution in [2.45, 2.75) is 25.8 Å². The number of carbonyl (C=O) groups excluding carboxylic acids is 1. The molecule has 0 bridgehead atoms. The molecular formula is C18H18N4O. The van der Waals surface area contributed by atoms with E-state index >= 15 is 0 Å². The highest BCUT2D eigenvalue weighted by atomic mass is 16.1. The van der Waals surface area contributed by atoms with Crippen molar-refractivity contribution in [2.24, 2.45) is 5.92 Å². The molecule has 3 aromatic heterocycles. The van der Waals surface area contributed by atoms with E-state index in [0.29, 0.717) is 17.3 Å². The SMILES string of the molecule is Cc1ccnc([C@@H](NC(=O)c2cc3ccccn3c2)C2CC2)n1. The third-order valence-corrected chi connectivity index (χ3v) is 4.24. The molecule has 3 heterocycles. The molecule has 5 heteroatoms. The highest BCUT2D eigenvalue weighted by Gasteiger charge is 2.35. The molecule has 5 nitrogen and oxygen atoms in total. The van der Waals surface area contributed by atoms with Gasteiger partial charge in [0.25, 0.3) is 5.91 Å². The number of fused-ring (bicyclic) bond motifs is 1. The number of hydrogen-bond acceptors (Lipinski definition) is 3. The summed E-state index contributed by atoms with van der Waals surface area (Å²) in [7, 11) is 0. The highest BCUT2D eigenvalue weighted by Crippen LogP contribution is 2.40. The Morgan fingerprint density at radius 1 is 1.35 bits per heavy atom.